The summed E-state index contributed by atoms with van der Waals surface area (Å²) in [6, 6.07) is 16.5. The molecule has 0 saturated heterocycles. The second kappa shape index (κ2) is 10.4. The van der Waals surface area contributed by atoms with E-state index in [-0.39, 0.29) is 17.9 Å². The number of para-hydroxylation sites is 1. The standard InChI is InChI=1S/C14H15NO4.C11H10O2/c1-3-19-14(17)9-15-11-7-5-4-6-10(11)12(18-2)8-13(15)16;1-13-11-7-9(12)6-8-4-2-3-5-10(8)11/h4-8H,3,9H2,1-2H3;2-5,7H,6H2,1H3. The number of carbonyl (C=O) groups is 2. The van der Waals surface area contributed by atoms with Crippen LogP contribution in [0.4, 0.5) is 0 Å². The van der Waals surface area contributed by atoms with Crippen LogP contribution in [0.2, 0.25) is 0 Å². The number of fused-ring (bicyclic) bond motifs is 2. The molecule has 4 rings (SSSR count). The van der Waals surface area contributed by atoms with Gasteiger partial charge in [-0.05, 0) is 24.6 Å². The molecule has 1 heterocycles. The Hall–Kier alpha value is -3.87. The third-order valence-electron chi connectivity index (χ3n) is 4.95. The van der Waals surface area contributed by atoms with Gasteiger partial charge in [-0.1, -0.05) is 36.4 Å². The Morgan fingerprint density at radius 2 is 1.72 bits per heavy atom. The van der Waals surface area contributed by atoms with Crippen LogP contribution in [0, 0.1) is 0 Å². The van der Waals surface area contributed by atoms with E-state index in [1.165, 1.54) is 17.7 Å². The minimum atomic E-state index is -0.431. The lowest BCUT2D eigenvalue weighted by Crippen LogP contribution is -2.25. The van der Waals surface area contributed by atoms with E-state index in [2.05, 4.69) is 0 Å². The van der Waals surface area contributed by atoms with E-state index in [0.29, 0.717) is 30.1 Å². The van der Waals surface area contributed by atoms with E-state index >= 15 is 0 Å². The number of aromatic nitrogens is 1. The topological polar surface area (TPSA) is 83.8 Å². The fourth-order valence-electron chi connectivity index (χ4n) is 3.52. The Labute approximate surface area is 185 Å². The Kier molecular flexibility index (Phi) is 7.44. The minimum absolute atomic E-state index is 0.100. The summed E-state index contributed by atoms with van der Waals surface area (Å²) in [5.41, 5.74) is 2.44. The molecule has 0 N–H and O–H groups in total. The Bertz CT molecular complexity index is 1220. The summed E-state index contributed by atoms with van der Waals surface area (Å²) in [6.45, 7) is 1.92. The second-order valence-electron chi connectivity index (χ2n) is 6.97. The van der Waals surface area contributed by atoms with Gasteiger partial charge in [-0.2, -0.15) is 0 Å². The molecule has 32 heavy (non-hydrogen) atoms. The van der Waals surface area contributed by atoms with Crippen molar-refractivity contribution in [1.82, 2.24) is 4.57 Å². The zero-order valence-corrected chi connectivity index (χ0v) is 18.3. The van der Waals surface area contributed by atoms with Crippen LogP contribution in [0.3, 0.4) is 0 Å². The first-order chi connectivity index (χ1) is 15.5. The van der Waals surface area contributed by atoms with Crippen LogP contribution in [0.5, 0.6) is 5.75 Å². The fraction of sp³-hybridized carbons (Fsp3) is 0.240. The Morgan fingerprint density at radius 3 is 2.44 bits per heavy atom. The molecular weight excluding hydrogens is 410 g/mol. The summed E-state index contributed by atoms with van der Waals surface area (Å²) in [5.74, 6) is 0.850. The first-order valence-electron chi connectivity index (χ1n) is 10.2. The number of nitrogens with zero attached hydrogens (tertiary/aromatic N) is 1. The average Bonchev–Trinajstić information content (AvgIpc) is 2.80. The van der Waals surface area contributed by atoms with Gasteiger partial charge in [-0.3, -0.25) is 19.0 Å². The van der Waals surface area contributed by atoms with E-state index in [4.69, 9.17) is 14.2 Å². The summed E-state index contributed by atoms with van der Waals surface area (Å²) in [6.07, 6.45) is 2.05. The van der Waals surface area contributed by atoms with Crippen LogP contribution in [0.1, 0.15) is 18.1 Å². The lowest BCUT2D eigenvalue weighted by Gasteiger charge is -2.15. The maximum atomic E-state index is 12.0. The Morgan fingerprint density at radius 1 is 1.00 bits per heavy atom. The lowest BCUT2D eigenvalue weighted by atomic mass is 9.95. The molecule has 0 aliphatic heterocycles. The molecule has 0 atom stereocenters. The molecule has 1 aliphatic rings. The number of allylic oxidation sites excluding steroid dienone is 1. The molecule has 1 aromatic heterocycles. The monoisotopic (exact) mass is 435 g/mol. The van der Waals surface area contributed by atoms with Crippen LogP contribution < -0.4 is 10.3 Å². The van der Waals surface area contributed by atoms with Crippen molar-refractivity contribution < 1.29 is 23.8 Å². The number of hydrogen-bond acceptors (Lipinski definition) is 6. The van der Waals surface area contributed by atoms with Gasteiger partial charge in [0.1, 0.15) is 18.1 Å². The Balaban J connectivity index is 0.000000193. The van der Waals surface area contributed by atoms with Crippen molar-refractivity contribution in [2.75, 3.05) is 20.8 Å². The number of carbonyl (C=O) groups excluding carboxylic acids is 2. The predicted octanol–water partition coefficient (Wildman–Crippen LogP) is 3.37. The molecule has 2 aromatic carbocycles. The third kappa shape index (κ3) is 5.06. The highest BCUT2D eigenvalue weighted by atomic mass is 16.5. The van der Waals surface area contributed by atoms with Crippen molar-refractivity contribution in [2.45, 2.75) is 19.9 Å². The quantitative estimate of drug-likeness (QED) is 0.572. The fourth-order valence-corrected chi connectivity index (χ4v) is 3.52. The maximum Gasteiger partial charge on any atom is 0.326 e. The zero-order valence-electron chi connectivity index (χ0n) is 18.3. The zero-order chi connectivity index (χ0) is 23.1. The van der Waals surface area contributed by atoms with Crippen LogP contribution in [0.15, 0.2) is 65.5 Å². The van der Waals surface area contributed by atoms with Gasteiger partial charge in [0.15, 0.2) is 5.78 Å². The SMILES string of the molecule is CCOC(=O)Cn1c(=O)cc(OC)c2ccccc21.COC1=CC(=O)Cc2ccccc21. The summed E-state index contributed by atoms with van der Waals surface area (Å²) in [4.78, 5) is 34.8. The molecule has 0 bridgehead atoms. The molecule has 166 valence electrons. The molecule has 0 saturated carbocycles. The molecule has 1 aliphatic carbocycles. The van der Waals surface area contributed by atoms with Crippen molar-refractivity contribution in [3.05, 3.63) is 82.2 Å². The highest BCUT2D eigenvalue weighted by molar-refractivity contribution is 6.00. The number of hydrogen-bond donors (Lipinski definition) is 0. The van der Waals surface area contributed by atoms with Gasteiger partial charge < -0.3 is 14.2 Å². The third-order valence-corrected chi connectivity index (χ3v) is 4.95. The molecule has 0 radical (unpaired) electrons. The first-order valence-corrected chi connectivity index (χ1v) is 10.2. The first kappa shape index (κ1) is 22.8. The van der Waals surface area contributed by atoms with E-state index in [0.717, 1.165) is 16.5 Å². The van der Waals surface area contributed by atoms with E-state index < -0.39 is 5.97 Å². The van der Waals surface area contributed by atoms with Crippen molar-refractivity contribution in [1.29, 1.82) is 0 Å². The number of ketones is 1. The number of esters is 1. The second-order valence-corrected chi connectivity index (χ2v) is 6.97. The van der Waals surface area contributed by atoms with Crippen molar-refractivity contribution in [2.24, 2.45) is 0 Å². The van der Waals surface area contributed by atoms with Crippen LogP contribution >= 0.6 is 0 Å². The number of benzene rings is 2. The predicted molar refractivity (Wildman–Crippen MR) is 122 cm³/mol. The highest BCUT2D eigenvalue weighted by Crippen LogP contribution is 2.25. The summed E-state index contributed by atoms with van der Waals surface area (Å²) in [5, 5.41) is 0.786. The van der Waals surface area contributed by atoms with E-state index in [1.54, 1.807) is 26.2 Å². The normalized spacial score (nSPS) is 12.2. The molecule has 3 aromatic rings. The van der Waals surface area contributed by atoms with Gasteiger partial charge in [0.25, 0.3) is 5.56 Å². The van der Waals surface area contributed by atoms with Gasteiger partial charge in [0, 0.05) is 29.5 Å². The molecule has 7 nitrogen and oxygen atoms in total. The lowest BCUT2D eigenvalue weighted by molar-refractivity contribution is -0.143. The van der Waals surface area contributed by atoms with Crippen molar-refractivity contribution >= 4 is 28.4 Å². The molecule has 0 amide bonds. The van der Waals surface area contributed by atoms with Crippen molar-refractivity contribution in [3.63, 3.8) is 0 Å². The van der Waals surface area contributed by atoms with Crippen molar-refractivity contribution in [3.8, 4) is 5.75 Å². The number of methoxy groups -OCH3 is 2. The summed E-state index contributed by atoms with van der Waals surface area (Å²) >= 11 is 0. The minimum Gasteiger partial charge on any atom is -0.496 e. The molecule has 7 heteroatoms. The van der Waals surface area contributed by atoms with E-state index in [1.807, 2.05) is 42.5 Å². The number of rotatable bonds is 5. The van der Waals surface area contributed by atoms with Gasteiger partial charge in [-0.25, -0.2) is 0 Å². The molecule has 0 unspecified atom stereocenters. The van der Waals surface area contributed by atoms with Crippen LogP contribution in [0.25, 0.3) is 16.7 Å². The largest absolute Gasteiger partial charge is 0.496 e. The van der Waals surface area contributed by atoms with Crippen LogP contribution in [-0.4, -0.2) is 37.1 Å². The smallest absolute Gasteiger partial charge is 0.326 e. The maximum absolute atomic E-state index is 12.0. The van der Waals surface area contributed by atoms with Gasteiger partial charge in [-0.15, -0.1) is 0 Å². The average molecular weight is 435 g/mol. The number of ether oxygens (including phenoxy) is 3. The van der Waals surface area contributed by atoms with E-state index in [9.17, 15) is 14.4 Å². The summed E-state index contributed by atoms with van der Waals surface area (Å²) in [7, 11) is 3.10. The molecule has 0 fully saturated rings. The van der Waals surface area contributed by atoms with Gasteiger partial charge in [0.05, 0.1) is 26.3 Å². The van der Waals surface area contributed by atoms with Gasteiger partial charge >= 0.3 is 5.97 Å². The number of pyridine rings is 1. The van der Waals surface area contributed by atoms with Gasteiger partial charge in [0.2, 0.25) is 0 Å². The summed E-state index contributed by atoms with van der Waals surface area (Å²) < 4.78 is 16.6. The highest BCUT2D eigenvalue weighted by Gasteiger charge is 2.16. The molecular formula is C25H25NO6. The molecule has 0 spiro atoms. The van der Waals surface area contributed by atoms with Crippen LogP contribution in [-0.2, 0) is 32.0 Å².